The number of nitrogens with one attached hydrogen (secondary N) is 2. The van der Waals surface area contributed by atoms with E-state index in [1.807, 2.05) is 0 Å². The van der Waals surface area contributed by atoms with Crippen LogP contribution in [0.2, 0.25) is 0 Å². The zero-order valence-electron chi connectivity index (χ0n) is 11.5. The first-order chi connectivity index (χ1) is 10.9. The van der Waals surface area contributed by atoms with Crippen molar-refractivity contribution in [3.8, 4) is 0 Å². The van der Waals surface area contributed by atoms with Gasteiger partial charge in [0.15, 0.2) is 5.54 Å². The molecule has 0 saturated heterocycles. The number of H-pyrrole nitrogens is 1. The maximum absolute atomic E-state index is 13.3. The lowest BCUT2D eigenvalue weighted by molar-refractivity contribution is -0.143. The highest BCUT2D eigenvalue weighted by molar-refractivity contribution is 6.01. The van der Waals surface area contributed by atoms with E-state index < -0.39 is 29.0 Å². The van der Waals surface area contributed by atoms with Gasteiger partial charge >= 0.3 is 6.18 Å². The first kappa shape index (κ1) is 15.1. The Morgan fingerprint density at radius 2 is 1.96 bits per heavy atom. The van der Waals surface area contributed by atoms with Crippen molar-refractivity contribution >= 4 is 11.5 Å². The zero-order chi connectivity index (χ0) is 16.7. The lowest BCUT2D eigenvalue weighted by atomic mass is 9.81. The molecular weight excluding hydrogens is 313 g/mol. The van der Waals surface area contributed by atoms with E-state index >= 15 is 0 Å². The lowest BCUT2D eigenvalue weighted by Crippen LogP contribution is -2.50. The van der Waals surface area contributed by atoms with E-state index in [0.29, 0.717) is 0 Å². The molecule has 0 aliphatic carbocycles. The molecule has 4 N–H and O–H groups in total. The highest BCUT2D eigenvalue weighted by atomic mass is 19.4. The quantitative estimate of drug-likeness (QED) is 0.799. The molecule has 1 atom stereocenters. The van der Waals surface area contributed by atoms with E-state index in [0.717, 1.165) is 6.20 Å². The molecule has 9 heteroatoms. The standard InChI is InChI=1S/C14H11F3N4O2/c15-14(16,17)11-10(9-6-19-7-20-9)13(12(18)22,21-23-11)8-4-2-1-3-5-8/h1-7,21H,(H2,18,22)(H,19,20). The molecule has 2 heterocycles. The minimum Gasteiger partial charge on any atom is -0.401 e. The number of nitrogens with two attached hydrogens (primary N) is 1. The van der Waals surface area contributed by atoms with Crippen LogP contribution in [0.1, 0.15) is 11.3 Å². The SMILES string of the molecule is NC(=O)C1(c2ccccc2)NOC(C(F)(F)F)=C1c1cnc[nH]1. The summed E-state index contributed by atoms with van der Waals surface area (Å²) in [6.07, 6.45) is -2.46. The van der Waals surface area contributed by atoms with Crippen LogP contribution < -0.4 is 11.2 Å². The maximum Gasteiger partial charge on any atom is 0.451 e. The molecule has 1 aliphatic rings. The van der Waals surface area contributed by atoms with Crippen LogP contribution in [0.4, 0.5) is 13.2 Å². The molecule has 1 amide bonds. The number of amides is 1. The van der Waals surface area contributed by atoms with Crippen molar-refractivity contribution in [1.29, 1.82) is 0 Å². The van der Waals surface area contributed by atoms with Gasteiger partial charge in [-0.25, -0.2) is 4.98 Å². The predicted octanol–water partition coefficient (Wildman–Crippen LogP) is 1.60. The Hall–Kier alpha value is -2.81. The molecular formula is C14H11F3N4O2. The normalized spacial score (nSPS) is 21.3. The van der Waals surface area contributed by atoms with E-state index in [1.54, 1.807) is 18.2 Å². The Morgan fingerprint density at radius 3 is 2.48 bits per heavy atom. The highest BCUT2D eigenvalue weighted by Gasteiger charge is 2.57. The summed E-state index contributed by atoms with van der Waals surface area (Å²) in [6, 6.07) is 7.79. The van der Waals surface area contributed by atoms with E-state index in [2.05, 4.69) is 20.3 Å². The van der Waals surface area contributed by atoms with Crippen molar-refractivity contribution < 1.29 is 22.8 Å². The number of benzene rings is 1. The number of hydrogen-bond acceptors (Lipinski definition) is 4. The third-order valence-electron chi connectivity index (χ3n) is 3.51. The van der Waals surface area contributed by atoms with Crippen LogP contribution in [0.25, 0.3) is 5.57 Å². The van der Waals surface area contributed by atoms with E-state index in [9.17, 15) is 18.0 Å². The maximum atomic E-state index is 13.3. The summed E-state index contributed by atoms with van der Waals surface area (Å²) in [4.78, 5) is 23.1. The van der Waals surface area contributed by atoms with Crippen LogP contribution in [0, 0.1) is 0 Å². The van der Waals surface area contributed by atoms with Gasteiger partial charge < -0.3 is 15.6 Å². The summed E-state index contributed by atoms with van der Waals surface area (Å²) < 4.78 is 39.9. The average Bonchev–Trinajstić information content (AvgIpc) is 3.15. The second-order valence-electron chi connectivity index (χ2n) is 4.85. The third kappa shape index (κ3) is 2.25. The van der Waals surface area contributed by atoms with Crippen molar-refractivity contribution in [3.63, 3.8) is 0 Å². The molecule has 3 rings (SSSR count). The molecule has 0 radical (unpaired) electrons. The number of halogens is 3. The van der Waals surface area contributed by atoms with Crippen molar-refractivity contribution in [2.24, 2.45) is 5.73 Å². The van der Waals surface area contributed by atoms with Crippen LogP contribution in [0.3, 0.4) is 0 Å². The van der Waals surface area contributed by atoms with E-state index in [-0.39, 0.29) is 11.3 Å². The number of carbonyl (C=O) groups excluding carboxylic acids is 1. The zero-order valence-corrected chi connectivity index (χ0v) is 11.5. The van der Waals surface area contributed by atoms with E-state index in [1.165, 1.54) is 18.5 Å². The number of imidazole rings is 1. The van der Waals surface area contributed by atoms with Crippen LogP contribution in [-0.2, 0) is 15.2 Å². The molecule has 23 heavy (non-hydrogen) atoms. The van der Waals surface area contributed by atoms with Gasteiger partial charge in [-0.2, -0.15) is 13.2 Å². The number of carbonyl (C=O) groups is 1. The van der Waals surface area contributed by atoms with Crippen LogP contribution in [0.5, 0.6) is 0 Å². The lowest BCUT2D eigenvalue weighted by Gasteiger charge is -2.26. The Bertz CT molecular complexity index is 756. The van der Waals surface area contributed by atoms with Gasteiger partial charge in [0, 0.05) is 0 Å². The van der Waals surface area contributed by atoms with Gasteiger partial charge in [-0.1, -0.05) is 30.3 Å². The first-order valence-electron chi connectivity index (χ1n) is 6.47. The summed E-state index contributed by atoms with van der Waals surface area (Å²) in [5, 5.41) is 0. The molecule has 120 valence electrons. The van der Waals surface area contributed by atoms with Crippen LogP contribution >= 0.6 is 0 Å². The first-order valence-corrected chi connectivity index (χ1v) is 6.47. The van der Waals surface area contributed by atoms with Gasteiger partial charge in [0.25, 0.3) is 0 Å². The van der Waals surface area contributed by atoms with Crippen molar-refractivity contribution in [3.05, 3.63) is 59.9 Å². The van der Waals surface area contributed by atoms with Crippen LogP contribution in [-0.4, -0.2) is 22.1 Å². The molecule has 2 aromatic rings. The fraction of sp³-hybridized carbons (Fsp3) is 0.143. The van der Waals surface area contributed by atoms with Crippen molar-refractivity contribution in [2.45, 2.75) is 11.7 Å². The van der Waals surface area contributed by atoms with Crippen molar-refractivity contribution in [1.82, 2.24) is 15.4 Å². The van der Waals surface area contributed by atoms with Gasteiger partial charge in [-0.15, -0.1) is 5.48 Å². The Kier molecular flexibility index (Phi) is 3.37. The summed E-state index contributed by atoms with van der Waals surface area (Å²) in [7, 11) is 0. The summed E-state index contributed by atoms with van der Waals surface area (Å²) >= 11 is 0. The largest absolute Gasteiger partial charge is 0.451 e. The topological polar surface area (TPSA) is 93.0 Å². The minimum absolute atomic E-state index is 0.0232. The molecule has 1 unspecified atom stereocenters. The average molecular weight is 324 g/mol. The summed E-state index contributed by atoms with van der Waals surface area (Å²) in [6.45, 7) is 0. The molecule has 1 aromatic carbocycles. The Labute approximate surface area is 128 Å². The predicted molar refractivity (Wildman–Crippen MR) is 73.1 cm³/mol. The number of hydrogen-bond donors (Lipinski definition) is 3. The van der Waals surface area contributed by atoms with Gasteiger partial charge in [-0.05, 0) is 5.56 Å². The van der Waals surface area contributed by atoms with Gasteiger partial charge in [0.05, 0.1) is 23.8 Å². The summed E-state index contributed by atoms with van der Waals surface area (Å²) in [5.41, 5.74) is 5.36. The number of aromatic nitrogens is 2. The highest BCUT2D eigenvalue weighted by Crippen LogP contribution is 2.47. The third-order valence-corrected chi connectivity index (χ3v) is 3.51. The molecule has 0 bridgehead atoms. The molecule has 1 aromatic heterocycles. The van der Waals surface area contributed by atoms with E-state index in [4.69, 9.17) is 5.73 Å². The molecule has 0 spiro atoms. The van der Waals surface area contributed by atoms with Crippen LogP contribution in [0.15, 0.2) is 48.6 Å². The van der Waals surface area contributed by atoms with Crippen molar-refractivity contribution in [2.75, 3.05) is 0 Å². The molecule has 6 nitrogen and oxygen atoms in total. The second kappa shape index (κ2) is 5.13. The number of hydroxylamine groups is 1. The molecule has 0 saturated carbocycles. The fourth-order valence-electron chi connectivity index (χ4n) is 2.52. The monoisotopic (exact) mass is 324 g/mol. The Morgan fingerprint density at radius 1 is 1.26 bits per heavy atom. The number of aromatic amines is 1. The number of allylic oxidation sites excluding steroid dienone is 1. The smallest absolute Gasteiger partial charge is 0.401 e. The minimum atomic E-state index is -4.82. The van der Waals surface area contributed by atoms with Gasteiger partial charge in [0.1, 0.15) is 0 Å². The number of nitrogens with zero attached hydrogens (tertiary/aromatic N) is 1. The summed E-state index contributed by atoms with van der Waals surface area (Å²) in [5.74, 6) is -2.38. The number of rotatable bonds is 3. The van der Waals surface area contributed by atoms with Gasteiger partial charge in [-0.3, -0.25) is 4.79 Å². The number of primary amides is 1. The van der Waals surface area contributed by atoms with Gasteiger partial charge in [0.2, 0.25) is 11.7 Å². The Balaban J connectivity index is 2.32. The molecule has 1 aliphatic heterocycles. The second-order valence-corrected chi connectivity index (χ2v) is 4.85. The molecule has 0 fully saturated rings. The fourth-order valence-corrected chi connectivity index (χ4v) is 2.52. The number of alkyl halides is 3.